The zero-order valence-corrected chi connectivity index (χ0v) is 16.7. The molecule has 1 aliphatic heterocycles. The SMILES string of the molecule is Cc1c(-c2cc3cc(NC(=O)OC[C@@H](C)N)ncc3cc2F)cnc2c1NCCO2. The highest BCUT2D eigenvalue weighted by Crippen LogP contribution is 2.37. The van der Waals surface area contributed by atoms with Gasteiger partial charge in [-0.05, 0) is 43.0 Å². The Bertz CT molecular complexity index is 1120. The van der Waals surface area contributed by atoms with Crippen molar-refractivity contribution < 1.29 is 18.7 Å². The monoisotopic (exact) mass is 411 g/mol. The number of carbonyl (C=O) groups excluding carboxylic acids is 1. The van der Waals surface area contributed by atoms with Crippen molar-refractivity contribution >= 4 is 28.4 Å². The fourth-order valence-electron chi connectivity index (χ4n) is 3.28. The molecule has 1 amide bonds. The number of anilines is 2. The second-order valence-electron chi connectivity index (χ2n) is 7.20. The van der Waals surface area contributed by atoms with Crippen molar-refractivity contribution in [2.45, 2.75) is 19.9 Å². The lowest BCUT2D eigenvalue weighted by Crippen LogP contribution is -2.26. The molecule has 0 aliphatic carbocycles. The van der Waals surface area contributed by atoms with Crippen molar-refractivity contribution in [3.63, 3.8) is 0 Å². The van der Waals surface area contributed by atoms with Gasteiger partial charge in [0.25, 0.3) is 0 Å². The maximum absolute atomic E-state index is 14.9. The molecule has 0 radical (unpaired) electrons. The van der Waals surface area contributed by atoms with Gasteiger partial charge in [0.15, 0.2) is 0 Å². The van der Waals surface area contributed by atoms with Gasteiger partial charge in [-0.3, -0.25) is 5.32 Å². The summed E-state index contributed by atoms with van der Waals surface area (Å²) in [5.41, 5.74) is 8.26. The van der Waals surface area contributed by atoms with E-state index < -0.39 is 6.09 Å². The highest BCUT2D eigenvalue weighted by Gasteiger charge is 2.19. The Morgan fingerprint density at radius 2 is 2.13 bits per heavy atom. The minimum absolute atomic E-state index is 0.0944. The zero-order valence-electron chi connectivity index (χ0n) is 16.7. The Morgan fingerprint density at radius 1 is 1.30 bits per heavy atom. The van der Waals surface area contributed by atoms with Gasteiger partial charge < -0.3 is 20.5 Å². The van der Waals surface area contributed by atoms with Crippen LogP contribution in [0.3, 0.4) is 0 Å². The molecule has 0 saturated heterocycles. The lowest BCUT2D eigenvalue weighted by atomic mass is 9.98. The number of nitrogens with two attached hydrogens (primary N) is 1. The quantitative estimate of drug-likeness (QED) is 0.603. The largest absolute Gasteiger partial charge is 0.474 e. The fraction of sp³-hybridized carbons (Fsp3) is 0.286. The van der Waals surface area contributed by atoms with Gasteiger partial charge in [0.1, 0.15) is 30.5 Å². The number of carbonyl (C=O) groups is 1. The highest BCUT2D eigenvalue weighted by atomic mass is 19.1. The first-order valence-electron chi connectivity index (χ1n) is 9.57. The molecule has 30 heavy (non-hydrogen) atoms. The summed E-state index contributed by atoms with van der Waals surface area (Å²) in [6, 6.07) is 4.52. The van der Waals surface area contributed by atoms with Gasteiger partial charge in [0.05, 0.1) is 0 Å². The molecule has 0 fully saturated rings. The van der Waals surface area contributed by atoms with Gasteiger partial charge in [0, 0.05) is 41.5 Å². The first-order valence-corrected chi connectivity index (χ1v) is 9.57. The maximum atomic E-state index is 14.9. The standard InChI is InChI=1S/C21H22FN5O3/c1-11(23)10-30-21(28)27-18-7-13-5-15(17(22)6-14(13)8-25-18)16-9-26-20-19(12(16)2)24-3-4-29-20/h5-9,11,24H,3-4,10,23H2,1-2H3,(H,25,27,28)/t11-/m1/s1. The molecule has 2 aromatic heterocycles. The predicted octanol–water partition coefficient (Wildman–Crippen LogP) is 3.44. The normalized spacial score (nSPS) is 13.7. The van der Waals surface area contributed by atoms with E-state index in [0.29, 0.717) is 46.7 Å². The van der Waals surface area contributed by atoms with E-state index in [1.807, 2.05) is 6.92 Å². The van der Waals surface area contributed by atoms with E-state index in [9.17, 15) is 9.18 Å². The number of nitrogens with zero attached hydrogens (tertiary/aromatic N) is 2. The minimum atomic E-state index is -0.651. The van der Waals surface area contributed by atoms with E-state index >= 15 is 0 Å². The van der Waals surface area contributed by atoms with Crippen molar-refractivity contribution in [2.75, 3.05) is 30.4 Å². The molecule has 1 aliphatic rings. The number of pyridine rings is 2. The molecule has 0 spiro atoms. The van der Waals surface area contributed by atoms with Crippen LogP contribution in [0.4, 0.5) is 20.7 Å². The molecular formula is C21H22FN5O3. The van der Waals surface area contributed by atoms with Crippen molar-refractivity contribution in [3.8, 4) is 17.0 Å². The lowest BCUT2D eigenvalue weighted by molar-refractivity contribution is 0.156. The number of hydrogen-bond acceptors (Lipinski definition) is 7. The van der Waals surface area contributed by atoms with Crippen LogP contribution in [0.1, 0.15) is 12.5 Å². The van der Waals surface area contributed by atoms with Gasteiger partial charge in [-0.25, -0.2) is 19.2 Å². The molecule has 9 heteroatoms. The van der Waals surface area contributed by atoms with Crippen LogP contribution in [0.2, 0.25) is 0 Å². The van der Waals surface area contributed by atoms with Gasteiger partial charge in [-0.15, -0.1) is 0 Å². The van der Waals surface area contributed by atoms with Crippen LogP contribution in [-0.2, 0) is 4.74 Å². The summed E-state index contributed by atoms with van der Waals surface area (Å²) in [5.74, 6) is 0.428. The molecule has 0 saturated carbocycles. The number of nitrogens with one attached hydrogen (secondary N) is 2. The molecule has 4 N–H and O–H groups in total. The smallest absolute Gasteiger partial charge is 0.412 e. The first-order chi connectivity index (χ1) is 14.4. The summed E-state index contributed by atoms with van der Waals surface area (Å²) in [6.45, 7) is 4.93. The summed E-state index contributed by atoms with van der Waals surface area (Å²) in [6.07, 6.45) is 2.45. The predicted molar refractivity (Wildman–Crippen MR) is 112 cm³/mol. The number of hydrogen-bond donors (Lipinski definition) is 3. The first kappa shape index (κ1) is 19.8. The van der Waals surface area contributed by atoms with E-state index in [-0.39, 0.29) is 18.5 Å². The molecule has 1 aromatic carbocycles. The van der Waals surface area contributed by atoms with Crippen molar-refractivity contribution in [2.24, 2.45) is 5.73 Å². The van der Waals surface area contributed by atoms with Gasteiger partial charge >= 0.3 is 6.09 Å². The topological polar surface area (TPSA) is 111 Å². The van der Waals surface area contributed by atoms with Crippen LogP contribution in [-0.4, -0.2) is 41.9 Å². The van der Waals surface area contributed by atoms with Crippen LogP contribution in [0.5, 0.6) is 5.88 Å². The molecule has 3 aromatic rings. The summed E-state index contributed by atoms with van der Waals surface area (Å²) in [4.78, 5) is 20.3. The third-order valence-corrected chi connectivity index (χ3v) is 4.75. The molecule has 8 nitrogen and oxygen atoms in total. The van der Waals surface area contributed by atoms with E-state index in [1.165, 1.54) is 12.3 Å². The summed E-state index contributed by atoms with van der Waals surface area (Å²) >= 11 is 0. The lowest BCUT2D eigenvalue weighted by Gasteiger charge is -2.21. The number of ether oxygens (including phenoxy) is 2. The molecule has 0 unspecified atom stereocenters. The van der Waals surface area contributed by atoms with Crippen LogP contribution in [0, 0.1) is 12.7 Å². The van der Waals surface area contributed by atoms with Gasteiger partial charge in [-0.2, -0.15) is 0 Å². The Hall–Kier alpha value is -3.46. The summed E-state index contributed by atoms with van der Waals surface area (Å²) in [7, 11) is 0. The zero-order chi connectivity index (χ0) is 21.3. The summed E-state index contributed by atoms with van der Waals surface area (Å²) < 4.78 is 25.4. The van der Waals surface area contributed by atoms with Crippen LogP contribution < -0.4 is 21.1 Å². The van der Waals surface area contributed by atoms with Crippen LogP contribution >= 0.6 is 0 Å². The van der Waals surface area contributed by atoms with Crippen LogP contribution in [0.15, 0.2) is 30.6 Å². The van der Waals surface area contributed by atoms with E-state index in [0.717, 1.165) is 11.3 Å². The Balaban J connectivity index is 1.68. The third-order valence-electron chi connectivity index (χ3n) is 4.75. The molecule has 3 heterocycles. The van der Waals surface area contributed by atoms with E-state index in [1.54, 1.807) is 25.3 Å². The fourth-order valence-corrected chi connectivity index (χ4v) is 3.28. The van der Waals surface area contributed by atoms with Crippen molar-refractivity contribution in [1.82, 2.24) is 9.97 Å². The molecule has 1 atom stereocenters. The second kappa shape index (κ2) is 8.11. The summed E-state index contributed by atoms with van der Waals surface area (Å²) in [5, 5.41) is 7.13. The third kappa shape index (κ3) is 3.97. The van der Waals surface area contributed by atoms with Crippen LogP contribution in [0.25, 0.3) is 21.9 Å². The van der Waals surface area contributed by atoms with E-state index in [4.69, 9.17) is 15.2 Å². The number of benzene rings is 1. The number of rotatable bonds is 4. The maximum Gasteiger partial charge on any atom is 0.412 e. The van der Waals surface area contributed by atoms with Gasteiger partial charge in [0.2, 0.25) is 5.88 Å². The number of halogens is 1. The van der Waals surface area contributed by atoms with Crippen molar-refractivity contribution in [3.05, 3.63) is 42.0 Å². The number of fused-ring (bicyclic) bond motifs is 2. The molecular weight excluding hydrogens is 389 g/mol. The van der Waals surface area contributed by atoms with Crippen molar-refractivity contribution in [1.29, 1.82) is 0 Å². The van der Waals surface area contributed by atoms with E-state index in [2.05, 4.69) is 20.6 Å². The average Bonchev–Trinajstić information content (AvgIpc) is 2.73. The number of aromatic nitrogens is 2. The average molecular weight is 411 g/mol. The highest BCUT2D eigenvalue weighted by molar-refractivity contribution is 5.92. The minimum Gasteiger partial charge on any atom is -0.474 e. The Labute approximate surface area is 172 Å². The Kier molecular flexibility index (Phi) is 5.37. The number of amides is 1. The molecule has 156 valence electrons. The molecule has 0 bridgehead atoms. The Morgan fingerprint density at radius 3 is 2.93 bits per heavy atom. The second-order valence-corrected chi connectivity index (χ2v) is 7.20. The van der Waals surface area contributed by atoms with Gasteiger partial charge in [-0.1, -0.05) is 0 Å². The molecule has 4 rings (SSSR count).